The van der Waals surface area contributed by atoms with E-state index in [9.17, 15) is 18.3 Å². The molecule has 1 amide bonds. The molecule has 1 heterocycles. The first kappa shape index (κ1) is 38.7. The van der Waals surface area contributed by atoms with E-state index in [0.717, 1.165) is 11.1 Å². The molecule has 0 unspecified atom stereocenters. The van der Waals surface area contributed by atoms with E-state index >= 15 is 0 Å². The number of halogens is 1. The van der Waals surface area contributed by atoms with Gasteiger partial charge in [-0.15, -0.1) is 0 Å². The monoisotopic (exact) mass is 794 g/mol. The summed E-state index contributed by atoms with van der Waals surface area (Å²) in [5, 5.41) is 12.4. The van der Waals surface area contributed by atoms with Crippen LogP contribution in [-0.4, -0.2) is 19.6 Å². The number of nitrogens with zero attached hydrogens (tertiary/aromatic N) is 1. The topological polar surface area (TPSA) is 105 Å². The minimum atomic E-state index is -4.33. The maximum Gasteiger partial charge on any atom is 0.409 e. The number of carboxylic acid groups (broad SMARTS) is 1. The molecule has 7 aromatic rings. The number of benzene rings is 7. The Bertz CT molecular complexity index is 2570. The maximum atomic E-state index is 15.0. The SMILES string of the molecule is Cc1cc(Oc2ccccc2)ccc1C1(c2ccc(Oc3ccccc3)cc2C)c2ccccc2S(=O)(=O)N1c1ccc(Cl)cc1NC(=O)O.Cc1ccccc1. The summed E-state index contributed by atoms with van der Waals surface area (Å²) < 4.78 is 43.6. The molecule has 7 aromatic carbocycles. The van der Waals surface area contributed by atoms with E-state index in [1.807, 2.05) is 129 Å². The molecule has 8 rings (SSSR count). The predicted octanol–water partition coefficient (Wildman–Crippen LogP) is 12.1. The largest absolute Gasteiger partial charge is 0.465 e. The molecule has 0 radical (unpaired) electrons. The molecule has 0 spiro atoms. The molecule has 1 aliphatic rings. The Morgan fingerprint density at radius 1 is 0.596 bits per heavy atom. The van der Waals surface area contributed by atoms with Crippen molar-refractivity contribution in [2.24, 2.45) is 0 Å². The quantitative estimate of drug-likeness (QED) is 0.159. The Morgan fingerprint density at radius 3 is 1.56 bits per heavy atom. The van der Waals surface area contributed by atoms with Crippen molar-refractivity contribution in [2.75, 3.05) is 9.62 Å². The fraction of sp³-hybridized carbons (Fsp3) is 0.0851. The zero-order valence-corrected chi connectivity index (χ0v) is 33.0. The minimum Gasteiger partial charge on any atom is -0.465 e. The van der Waals surface area contributed by atoms with Crippen LogP contribution in [0.1, 0.15) is 33.4 Å². The van der Waals surface area contributed by atoms with Gasteiger partial charge in [-0.1, -0.05) is 114 Å². The van der Waals surface area contributed by atoms with Gasteiger partial charge in [0.25, 0.3) is 10.0 Å². The summed E-state index contributed by atoms with van der Waals surface area (Å²) in [6.45, 7) is 5.89. The molecule has 0 fully saturated rings. The van der Waals surface area contributed by atoms with Crippen LogP contribution >= 0.6 is 11.6 Å². The standard InChI is InChI=1S/C40H31ClN2O6S.C7H8/c1-26-23-31(48-29-11-5-3-6-12-29)18-20-33(26)40(34-21-19-32(24-27(34)2)49-30-13-7-4-8-14-30)35-15-9-10-16-38(35)50(46,47)43(40)37-22-17-28(41)25-36(37)42-39(44)45;1-7-5-3-2-4-6-7/h3-25,42H,1-2H3,(H,44,45);2-6H,1H3. The highest BCUT2D eigenvalue weighted by molar-refractivity contribution is 7.93. The number of hydrogen-bond acceptors (Lipinski definition) is 5. The molecule has 0 saturated heterocycles. The van der Waals surface area contributed by atoms with Gasteiger partial charge in [0.05, 0.1) is 16.3 Å². The molecule has 10 heteroatoms. The van der Waals surface area contributed by atoms with E-state index in [2.05, 4.69) is 24.4 Å². The average molecular weight is 795 g/mol. The molecule has 8 nitrogen and oxygen atoms in total. The Kier molecular flexibility index (Phi) is 11.1. The van der Waals surface area contributed by atoms with Crippen molar-refractivity contribution in [2.45, 2.75) is 31.2 Å². The highest BCUT2D eigenvalue weighted by Gasteiger charge is 2.58. The van der Waals surface area contributed by atoms with Crippen LogP contribution in [0.2, 0.25) is 5.02 Å². The second kappa shape index (κ2) is 16.3. The molecule has 1 aliphatic heterocycles. The number of ether oxygens (including phenoxy) is 2. The normalized spacial score (nSPS) is 13.4. The number of nitrogens with one attached hydrogen (secondary N) is 1. The van der Waals surface area contributed by atoms with Crippen LogP contribution in [0.3, 0.4) is 0 Å². The number of aryl methyl sites for hydroxylation is 3. The van der Waals surface area contributed by atoms with Crippen molar-refractivity contribution in [1.82, 2.24) is 0 Å². The van der Waals surface area contributed by atoms with E-state index in [0.29, 0.717) is 39.7 Å². The molecule has 0 aromatic heterocycles. The summed E-state index contributed by atoms with van der Waals surface area (Å²) in [7, 11) is -4.33. The van der Waals surface area contributed by atoms with Crippen molar-refractivity contribution < 1.29 is 27.8 Å². The maximum absolute atomic E-state index is 15.0. The van der Waals surface area contributed by atoms with Crippen LogP contribution in [0.5, 0.6) is 23.0 Å². The van der Waals surface area contributed by atoms with Gasteiger partial charge in [-0.05, 0) is 116 Å². The van der Waals surface area contributed by atoms with Gasteiger partial charge in [0.1, 0.15) is 28.5 Å². The highest BCUT2D eigenvalue weighted by atomic mass is 35.5. The third-order valence-electron chi connectivity index (χ3n) is 9.59. The Hall–Kier alpha value is -6.55. The summed E-state index contributed by atoms with van der Waals surface area (Å²) in [6.07, 6.45) is -1.37. The van der Waals surface area contributed by atoms with Gasteiger partial charge in [-0.2, -0.15) is 0 Å². The first-order valence-corrected chi connectivity index (χ1v) is 19.9. The number of fused-ring (bicyclic) bond motifs is 1. The van der Waals surface area contributed by atoms with Crippen LogP contribution in [0.4, 0.5) is 16.2 Å². The van der Waals surface area contributed by atoms with Crippen molar-refractivity contribution in [3.05, 3.63) is 208 Å². The Morgan fingerprint density at radius 2 is 1.09 bits per heavy atom. The molecule has 0 saturated carbocycles. The number of anilines is 2. The number of rotatable bonds is 8. The van der Waals surface area contributed by atoms with Gasteiger partial charge in [-0.3, -0.25) is 5.32 Å². The van der Waals surface area contributed by atoms with Crippen molar-refractivity contribution >= 4 is 39.1 Å². The number of carbonyl (C=O) groups is 1. The molecule has 0 bridgehead atoms. The second-order valence-electron chi connectivity index (χ2n) is 13.5. The summed E-state index contributed by atoms with van der Waals surface area (Å²) in [5.41, 5.74) is 3.16. The van der Waals surface area contributed by atoms with Crippen molar-refractivity contribution in [3.63, 3.8) is 0 Å². The molecule has 0 aliphatic carbocycles. The lowest BCUT2D eigenvalue weighted by atomic mass is 9.73. The molecule has 57 heavy (non-hydrogen) atoms. The number of amides is 1. The lowest BCUT2D eigenvalue weighted by Crippen LogP contribution is -2.47. The zero-order valence-electron chi connectivity index (χ0n) is 31.4. The number of hydrogen-bond donors (Lipinski definition) is 2. The van der Waals surface area contributed by atoms with Crippen LogP contribution < -0.4 is 19.1 Å². The van der Waals surface area contributed by atoms with E-state index in [1.54, 1.807) is 30.3 Å². The van der Waals surface area contributed by atoms with Crippen LogP contribution in [0.15, 0.2) is 175 Å². The fourth-order valence-corrected chi connectivity index (χ4v) is 9.42. The summed E-state index contributed by atoms with van der Waals surface area (Å²) in [6, 6.07) is 51.4. The van der Waals surface area contributed by atoms with Crippen molar-refractivity contribution in [1.29, 1.82) is 0 Å². The molecule has 0 atom stereocenters. The van der Waals surface area contributed by atoms with Crippen LogP contribution in [-0.2, 0) is 15.6 Å². The molecule has 286 valence electrons. The predicted molar refractivity (Wildman–Crippen MR) is 226 cm³/mol. The van der Waals surface area contributed by atoms with Crippen LogP contribution in [0.25, 0.3) is 0 Å². The number of para-hydroxylation sites is 2. The second-order valence-corrected chi connectivity index (χ2v) is 15.7. The Balaban J connectivity index is 0.000000641. The third-order valence-corrected chi connectivity index (χ3v) is 11.7. The lowest BCUT2D eigenvalue weighted by molar-refractivity contribution is 0.209. The van der Waals surface area contributed by atoms with Gasteiger partial charge in [0.2, 0.25) is 0 Å². The third kappa shape index (κ3) is 7.80. The lowest BCUT2D eigenvalue weighted by Gasteiger charge is -2.42. The van der Waals surface area contributed by atoms with Gasteiger partial charge in [0, 0.05) is 10.6 Å². The first-order valence-electron chi connectivity index (χ1n) is 18.1. The average Bonchev–Trinajstić information content (AvgIpc) is 3.39. The van der Waals surface area contributed by atoms with Crippen LogP contribution in [0, 0.1) is 20.8 Å². The van der Waals surface area contributed by atoms with E-state index in [1.165, 1.54) is 22.0 Å². The smallest absolute Gasteiger partial charge is 0.409 e. The molecular formula is C47H39ClN2O6S. The van der Waals surface area contributed by atoms with E-state index < -0.39 is 21.7 Å². The Labute approximate surface area is 337 Å². The fourth-order valence-electron chi connectivity index (χ4n) is 7.24. The van der Waals surface area contributed by atoms with Gasteiger partial charge in [-0.25, -0.2) is 17.5 Å². The zero-order chi connectivity index (χ0) is 40.2. The number of sulfonamides is 1. The van der Waals surface area contributed by atoms with Gasteiger partial charge < -0.3 is 14.6 Å². The first-order chi connectivity index (χ1) is 27.5. The summed E-state index contributed by atoms with van der Waals surface area (Å²) >= 11 is 6.36. The summed E-state index contributed by atoms with van der Waals surface area (Å²) in [4.78, 5) is 12.1. The minimum absolute atomic E-state index is 0.00845. The highest BCUT2D eigenvalue weighted by Crippen LogP contribution is 2.57. The van der Waals surface area contributed by atoms with E-state index in [-0.39, 0.29) is 21.3 Å². The van der Waals surface area contributed by atoms with Crippen molar-refractivity contribution in [3.8, 4) is 23.0 Å². The molecule has 2 N–H and O–H groups in total. The van der Waals surface area contributed by atoms with E-state index in [4.69, 9.17) is 21.1 Å². The summed E-state index contributed by atoms with van der Waals surface area (Å²) in [5.74, 6) is 2.44. The molecular weight excluding hydrogens is 756 g/mol. The van der Waals surface area contributed by atoms with Gasteiger partial charge >= 0.3 is 6.09 Å². The van der Waals surface area contributed by atoms with Gasteiger partial charge in [0.15, 0.2) is 0 Å².